The molecular weight excluding hydrogens is 504 g/mol. The molecule has 1 unspecified atom stereocenters. The summed E-state index contributed by atoms with van der Waals surface area (Å²) < 4.78 is 46.6. The number of nitrogens with zero attached hydrogens (tertiary/aromatic N) is 4. The van der Waals surface area contributed by atoms with Crippen LogP contribution in [0, 0.1) is 13.8 Å². The lowest BCUT2D eigenvalue weighted by Crippen LogP contribution is -2.37. The van der Waals surface area contributed by atoms with E-state index in [1.54, 1.807) is 6.07 Å². The molecular formula is C28H30N4O5S. The Morgan fingerprint density at radius 3 is 2.63 bits per heavy atom. The minimum atomic E-state index is -3.98. The average molecular weight is 535 g/mol. The van der Waals surface area contributed by atoms with E-state index in [2.05, 4.69) is 41.5 Å². The fourth-order valence-electron chi connectivity index (χ4n) is 5.15. The minimum absolute atomic E-state index is 0.184. The summed E-state index contributed by atoms with van der Waals surface area (Å²) in [6.07, 6.45) is 2.39. The Morgan fingerprint density at radius 1 is 0.947 bits per heavy atom. The number of aromatic nitrogens is 3. The van der Waals surface area contributed by atoms with E-state index in [-0.39, 0.29) is 18.8 Å². The van der Waals surface area contributed by atoms with Crippen molar-refractivity contribution >= 4 is 21.3 Å². The number of benzene rings is 3. The molecule has 4 aromatic rings. The van der Waals surface area contributed by atoms with Gasteiger partial charge in [-0.25, -0.2) is 4.68 Å². The third kappa shape index (κ3) is 4.48. The third-order valence-electron chi connectivity index (χ3n) is 7.43. The molecule has 3 aliphatic heterocycles. The highest BCUT2D eigenvalue weighted by Gasteiger charge is 2.33. The molecule has 0 radical (unpaired) electrons. The van der Waals surface area contributed by atoms with Crippen LogP contribution < -0.4 is 13.7 Å². The lowest BCUT2D eigenvalue weighted by atomic mass is 9.96. The quantitative estimate of drug-likeness (QED) is 0.356. The standard InChI is InChI=1S/C28H30N4O5S/c1-18-6-7-20-12-21-8-9-24-28(19(21)2)29-30-32(24)10-4-5-11-36-27-14-23-17-31(16-22(18)13-20)38(33,34)37-25(23)15-26(27)35-3/h6-9,13-15H,4-5,10-12,16-17H2,1-3H3. The van der Waals surface area contributed by atoms with E-state index in [0.717, 1.165) is 58.2 Å². The van der Waals surface area contributed by atoms with Gasteiger partial charge in [0.2, 0.25) is 0 Å². The third-order valence-corrected chi connectivity index (χ3v) is 8.71. The molecule has 0 N–H and O–H groups in total. The Bertz CT molecular complexity index is 1650. The zero-order chi connectivity index (χ0) is 26.4. The first kappa shape index (κ1) is 24.7. The van der Waals surface area contributed by atoms with Crippen molar-refractivity contribution < 1.29 is 22.1 Å². The molecule has 3 aliphatic rings. The van der Waals surface area contributed by atoms with Gasteiger partial charge >= 0.3 is 10.3 Å². The van der Waals surface area contributed by atoms with Gasteiger partial charge in [-0.1, -0.05) is 29.5 Å². The number of fused-ring (bicyclic) bond motifs is 5. The summed E-state index contributed by atoms with van der Waals surface area (Å²) in [4.78, 5) is 0. The van der Waals surface area contributed by atoms with E-state index < -0.39 is 10.3 Å². The van der Waals surface area contributed by atoms with Gasteiger partial charge in [0, 0.05) is 31.3 Å². The molecule has 9 nitrogen and oxygen atoms in total. The summed E-state index contributed by atoms with van der Waals surface area (Å²) in [6.45, 7) is 5.69. The van der Waals surface area contributed by atoms with Gasteiger partial charge in [0.1, 0.15) is 5.52 Å². The largest absolute Gasteiger partial charge is 0.493 e. The van der Waals surface area contributed by atoms with Crippen LogP contribution in [0.5, 0.6) is 17.2 Å². The highest BCUT2D eigenvalue weighted by atomic mass is 32.2. The highest BCUT2D eigenvalue weighted by molar-refractivity contribution is 7.84. The summed E-state index contributed by atoms with van der Waals surface area (Å²) in [6, 6.07) is 13.9. The summed E-state index contributed by atoms with van der Waals surface area (Å²) in [5.74, 6) is 1.27. The van der Waals surface area contributed by atoms with Crippen LogP contribution >= 0.6 is 0 Å². The van der Waals surface area contributed by atoms with Crippen molar-refractivity contribution in [1.82, 2.24) is 19.3 Å². The molecule has 1 atom stereocenters. The van der Waals surface area contributed by atoms with Gasteiger partial charge in [-0.05, 0) is 73.1 Å². The minimum Gasteiger partial charge on any atom is -0.493 e. The first-order valence-electron chi connectivity index (χ1n) is 12.8. The Hall–Kier alpha value is -3.63. The fraction of sp³-hybridized carbons (Fsp3) is 0.357. The maximum atomic E-state index is 13.1. The first-order chi connectivity index (χ1) is 18.3. The van der Waals surface area contributed by atoms with Gasteiger partial charge in [0.25, 0.3) is 0 Å². The van der Waals surface area contributed by atoms with Crippen molar-refractivity contribution in [2.24, 2.45) is 0 Å². The van der Waals surface area contributed by atoms with E-state index in [1.807, 2.05) is 23.7 Å². The van der Waals surface area contributed by atoms with Gasteiger partial charge in [0.15, 0.2) is 17.2 Å². The van der Waals surface area contributed by atoms with Crippen LogP contribution in [-0.4, -0.2) is 41.4 Å². The Kier molecular flexibility index (Phi) is 6.23. The Morgan fingerprint density at radius 2 is 1.79 bits per heavy atom. The second kappa shape index (κ2) is 9.59. The molecule has 0 amide bonds. The van der Waals surface area contributed by atoms with Crippen LogP contribution in [0.3, 0.4) is 0 Å². The van der Waals surface area contributed by atoms with Crippen LogP contribution in [0.15, 0.2) is 42.5 Å². The molecule has 0 fully saturated rings. The number of ether oxygens (including phenoxy) is 2. The van der Waals surface area contributed by atoms with Crippen molar-refractivity contribution in [2.75, 3.05) is 13.7 Å². The smallest absolute Gasteiger partial charge is 0.385 e. The normalized spacial score (nSPS) is 18.8. The second-order valence-electron chi connectivity index (χ2n) is 9.94. The maximum Gasteiger partial charge on any atom is 0.385 e. The summed E-state index contributed by atoms with van der Waals surface area (Å²) in [7, 11) is -2.45. The number of hydrogen-bond acceptors (Lipinski definition) is 7. The second-order valence-corrected chi connectivity index (χ2v) is 11.5. The zero-order valence-electron chi connectivity index (χ0n) is 21.7. The average Bonchev–Trinajstić information content (AvgIpc) is 3.30. The zero-order valence-corrected chi connectivity index (χ0v) is 22.5. The molecule has 0 spiro atoms. The number of rotatable bonds is 1. The molecule has 1 aromatic heterocycles. The predicted molar refractivity (Wildman–Crippen MR) is 143 cm³/mol. The molecule has 10 heteroatoms. The van der Waals surface area contributed by atoms with Crippen molar-refractivity contribution in [3.05, 3.63) is 75.8 Å². The molecule has 0 saturated heterocycles. The molecule has 38 heavy (non-hydrogen) atoms. The van der Waals surface area contributed by atoms with Crippen molar-refractivity contribution in [3.8, 4) is 17.2 Å². The molecule has 7 rings (SSSR count). The van der Waals surface area contributed by atoms with Crippen molar-refractivity contribution in [2.45, 2.75) is 52.7 Å². The van der Waals surface area contributed by atoms with Crippen LogP contribution in [0.4, 0.5) is 0 Å². The highest BCUT2D eigenvalue weighted by Crippen LogP contribution is 2.39. The van der Waals surface area contributed by atoms with Crippen molar-refractivity contribution in [1.29, 1.82) is 0 Å². The maximum absolute atomic E-state index is 13.1. The van der Waals surface area contributed by atoms with E-state index in [4.69, 9.17) is 13.7 Å². The molecule has 4 heterocycles. The molecule has 3 aromatic carbocycles. The van der Waals surface area contributed by atoms with Gasteiger partial charge in [-0.2, -0.15) is 12.7 Å². The lowest BCUT2D eigenvalue weighted by Gasteiger charge is -2.29. The molecule has 198 valence electrons. The number of aryl methyl sites for hydroxylation is 3. The monoisotopic (exact) mass is 534 g/mol. The van der Waals surface area contributed by atoms with E-state index >= 15 is 0 Å². The van der Waals surface area contributed by atoms with Crippen LogP contribution in [-0.2, 0) is 36.4 Å². The first-order valence-corrected chi connectivity index (χ1v) is 14.1. The van der Waals surface area contributed by atoms with E-state index in [0.29, 0.717) is 24.5 Å². The number of hydrogen-bond donors (Lipinski definition) is 0. The summed E-state index contributed by atoms with van der Waals surface area (Å²) in [5.41, 5.74) is 8.01. The van der Waals surface area contributed by atoms with Crippen LogP contribution in [0.2, 0.25) is 0 Å². The summed E-state index contributed by atoms with van der Waals surface area (Å²) >= 11 is 0. The molecule has 0 aliphatic carbocycles. The molecule has 0 saturated carbocycles. The summed E-state index contributed by atoms with van der Waals surface area (Å²) in [5, 5.41) is 8.89. The van der Waals surface area contributed by atoms with Crippen molar-refractivity contribution in [3.63, 3.8) is 0 Å². The molecule has 9 bridgehead atoms. The van der Waals surface area contributed by atoms with Crippen LogP contribution in [0.25, 0.3) is 11.0 Å². The predicted octanol–water partition coefficient (Wildman–Crippen LogP) is 4.46. The van der Waals surface area contributed by atoms with Gasteiger partial charge < -0.3 is 13.7 Å². The van der Waals surface area contributed by atoms with E-state index in [1.165, 1.54) is 17.0 Å². The SMILES string of the molecule is COc1cc2c3cc1OCCCCn1nnc4c(C)c(ccc41)Cc1ccc(C)c(c1)CN(C3)S(=O)(=O)O2. The number of methoxy groups -OCH3 is 1. The topological polar surface area (TPSA) is 95.8 Å². The lowest BCUT2D eigenvalue weighted by molar-refractivity contribution is 0.278. The Balaban J connectivity index is 1.42. The van der Waals surface area contributed by atoms with E-state index in [9.17, 15) is 8.42 Å². The van der Waals surface area contributed by atoms with Crippen LogP contribution in [0.1, 0.15) is 46.2 Å². The Labute approximate surface area is 222 Å². The fourth-order valence-corrected chi connectivity index (χ4v) is 6.24. The van der Waals surface area contributed by atoms with Gasteiger partial charge in [0.05, 0.1) is 19.2 Å². The van der Waals surface area contributed by atoms with Gasteiger partial charge in [-0.3, -0.25) is 0 Å². The van der Waals surface area contributed by atoms with Gasteiger partial charge in [-0.15, -0.1) is 5.10 Å².